The molecule has 0 amide bonds. The molecule has 2 fully saturated rings. The van der Waals surface area contributed by atoms with E-state index in [0.29, 0.717) is 19.4 Å². The summed E-state index contributed by atoms with van der Waals surface area (Å²) in [6.45, 7) is 9.24. The maximum absolute atomic E-state index is 12.4. The summed E-state index contributed by atoms with van der Waals surface area (Å²) in [7, 11) is 1.68. The number of hydrogen-bond acceptors (Lipinski definition) is 4. The van der Waals surface area contributed by atoms with Crippen molar-refractivity contribution in [3.05, 3.63) is 88.0 Å². The molecule has 4 aliphatic rings. The third kappa shape index (κ3) is 4.88. The van der Waals surface area contributed by atoms with E-state index in [1.54, 1.807) is 7.11 Å². The van der Waals surface area contributed by atoms with Crippen LogP contribution in [0.15, 0.2) is 71.3 Å². The van der Waals surface area contributed by atoms with E-state index in [1.165, 1.54) is 22.3 Å². The van der Waals surface area contributed by atoms with Gasteiger partial charge in [0.15, 0.2) is 5.78 Å². The fraction of sp³-hybridized carbons (Fsp3) is 0.486. The summed E-state index contributed by atoms with van der Waals surface area (Å²) < 4.78 is 12.3. The van der Waals surface area contributed by atoms with Gasteiger partial charge in [0.05, 0.1) is 13.7 Å². The van der Waals surface area contributed by atoms with Gasteiger partial charge in [0.2, 0.25) is 0 Å². The Morgan fingerprint density at radius 2 is 1.73 bits per heavy atom. The lowest BCUT2D eigenvalue weighted by atomic mass is 9.61. The number of carbonyl (C=O) groups excluding carboxylic acids is 1. The van der Waals surface area contributed by atoms with Crippen LogP contribution in [0.25, 0.3) is 0 Å². The van der Waals surface area contributed by atoms with Crippen molar-refractivity contribution in [2.45, 2.75) is 83.3 Å². The summed E-state index contributed by atoms with van der Waals surface area (Å²) in [6, 6.07) is 16.6. The Bertz CT molecular complexity index is 1460. The fourth-order valence-electron chi connectivity index (χ4n) is 7.76. The van der Waals surface area contributed by atoms with Crippen LogP contribution in [0.1, 0.15) is 89.0 Å². The maximum Gasteiger partial charge on any atom is 0.156 e. The molecule has 6 rings (SSSR count). The lowest BCUT2D eigenvalue weighted by Crippen LogP contribution is -2.48. The molecule has 3 aliphatic carbocycles. The molecule has 1 aliphatic heterocycles. The zero-order chi connectivity index (χ0) is 29.0. The Morgan fingerprint density at radius 3 is 2.41 bits per heavy atom. The standard InChI is InChI=1S/C37H42O4/c1-35(2,3)27-11-6-24(7-12-27)18-20-37(39)21-19-32-31-16-10-26-22-28(38)13-17-30(26)33(31)34(41-23-36(32,37)4)25-8-14-29(40-5)15-9-25/h6-9,11-12,14-15,22,31-32,34,39H,10,13,16-17,19,21,23H2,1-5H3/t31?,32?,34?,36-,37-/m0/s1. The van der Waals surface area contributed by atoms with Gasteiger partial charge in [-0.3, -0.25) is 4.79 Å². The maximum atomic E-state index is 12.4. The Balaban J connectivity index is 1.40. The van der Waals surface area contributed by atoms with Crippen LogP contribution in [0.5, 0.6) is 5.75 Å². The number of hydrogen-bond donors (Lipinski definition) is 1. The van der Waals surface area contributed by atoms with Gasteiger partial charge in [0.1, 0.15) is 17.5 Å². The molecule has 4 heteroatoms. The van der Waals surface area contributed by atoms with Crippen molar-refractivity contribution in [3.63, 3.8) is 0 Å². The molecule has 214 valence electrons. The molecule has 5 atom stereocenters. The minimum absolute atomic E-state index is 0.0846. The average molecular weight is 551 g/mol. The van der Waals surface area contributed by atoms with Crippen LogP contribution in [0.2, 0.25) is 0 Å². The van der Waals surface area contributed by atoms with Crippen LogP contribution in [-0.4, -0.2) is 30.2 Å². The highest BCUT2D eigenvalue weighted by atomic mass is 16.5. The van der Waals surface area contributed by atoms with Gasteiger partial charge in [-0.2, -0.15) is 0 Å². The largest absolute Gasteiger partial charge is 0.497 e. The fourth-order valence-corrected chi connectivity index (χ4v) is 7.76. The summed E-state index contributed by atoms with van der Waals surface area (Å²) in [5.74, 6) is 8.26. The number of fused-ring (bicyclic) bond motifs is 4. The predicted molar refractivity (Wildman–Crippen MR) is 162 cm³/mol. The van der Waals surface area contributed by atoms with E-state index in [4.69, 9.17) is 9.47 Å². The zero-order valence-corrected chi connectivity index (χ0v) is 25.0. The molecule has 1 N–H and O–H groups in total. The average Bonchev–Trinajstić information content (AvgIpc) is 3.13. The number of ketones is 1. The van der Waals surface area contributed by atoms with Gasteiger partial charge < -0.3 is 14.6 Å². The van der Waals surface area contributed by atoms with Crippen LogP contribution < -0.4 is 4.74 Å². The highest BCUT2D eigenvalue weighted by molar-refractivity contribution is 5.93. The lowest BCUT2D eigenvalue weighted by Gasteiger charge is -2.42. The van der Waals surface area contributed by atoms with E-state index in [2.05, 4.69) is 75.9 Å². The van der Waals surface area contributed by atoms with Gasteiger partial charge in [-0.1, -0.05) is 63.8 Å². The van der Waals surface area contributed by atoms with Crippen molar-refractivity contribution in [1.29, 1.82) is 0 Å². The van der Waals surface area contributed by atoms with E-state index in [1.807, 2.05) is 18.2 Å². The Kier molecular flexibility index (Phi) is 7.04. The molecular weight excluding hydrogens is 508 g/mol. The smallest absolute Gasteiger partial charge is 0.156 e. The second-order valence-corrected chi connectivity index (χ2v) is 13.7. The van der Waals surface area contributed by atoms with Crippen LogP contribution >= 0.6 is 0 Å². The van der Waals surface area contributed by atoms with Gasteiger partial charge in [-0.25, -0.2) is 0 Å². The summed E-state index contributed by atoms with van der Waals surface area (Å²) >= 11 is 0. The second kappa shape index (κ2) is 10.3. The highest BCUT2D eigenvalue weighted by Crippen LogP contribution is 2.61. The molecule has 4 nitrogen and oxygen atoms in total. The summed E-state index contributed by atoms with van der Waals surface area (Å²) in [4.78, 5) is 12.4. The molecule has 41 heavy (non-hydrogen) atoms. The van der Waals surface area contributed by atoms with Crippen molar-refractivity contribution >= 4 is 5.78 Å². The molecule has 1 saturated heterocycles. The zero-order valence-electron chi connectivity index (χ0n) is 25.0. The molecular formula is C37H42O4. The first-order chi connectivity index (χ1) is 19.5. The number of ether oxygens (including phenoxy) is 2. The number of carbonyl (C=O) groups is 1. The minimum atomic E-state index is -1.15. The van der Waals surface area contributed by atoms with Gasteiger partial charge in [0, 0.05) is 17.4 Å². The van der Waals surface area contributed by atoms with Gasteiger partial charge in [-0.05, 0) is 108 Å². The molecule has 0 radical (unpaired) electrons. The van der Waals surface area contributed by atoms with Crippen molar-refractivity contribution in [1.82, 2.24) is 0 Å². The molecule has 2 aromatic rings. The minimum Gasteiger partial charge on any atom is -0.497 e. The molecule has 0 spiro atoms. The molecule has 3 unspecified atom stereocenters. The number of aliphatic hydroxyl groups is 1. The monoisotopic (exact) mass is 550 g/mol. The first kappa shape index (κ1) is 28.0. The molecule has 0 aromatic heterocycles. The number of rotatable bonds is 2. The van der Waals surface area contributed by atoms with Crippen molar-refractivity contribution < 1.29 is 19.4 Å². The predicted octanol–water partition coefficient (Wildman–Crippen LogP) is 7.26. The quantitative estimate of drug-likeness (QED) is 0.400. The normalized spacial score (nSPS) is 31.2. The van der Waals surface area contributed by atoms with Crippen molar-refractivity contribution in [3.8, 4) is 17.6 Å². The van der Waals surface area contributed by atoms with Gasteiger partial charge in [-0.15, -0.1) is 0 Å². The number of methoxy groups -OCH3 is 1. The Hall–Kier alpha value is -3.13. The van der Waals surface area contributed by atoms with Gasteiger partial charge in [0.25, 0.3) is 0 Å². The van der Waals surface area contributed by atoms with E-state index < -0.39 is 11.0 Å². The van der Waals surface area contributed by atoms with E-state index in [-0.39, 0.29) is 29.1 Å². The van der Waals surface area contributed by atoms with Crippen LogP contribution in [0, 0.1) is 29.1 Å². The van der Waals surface area contributed by atoms with Crippen LogP contribution in [0.4, 0.5) is 0 Å². The molecule has 2 aromatic carbocycles. The Labute approximate surface area is 244 Å². The summed E-state index contributed by atoms with van der Waals surface area (Å²) in [5.41, 5.74) is 5.52. The van der Waals surface area contributed by atoms with E-state index in [9.17, 15) is 9.90 Å². The van der Waals surface area contributed by atoms with Gasteiger partial charge >= 0.3 is 0 Å². The second-order valence-electron chi connectivity index (χ2n) is 13.7. The van der Waals surface area contributed by atoms with Crippen LogP contribution in [0.3, 0.4) is 0 Å². The van der Waals surface area contributed by atoms with E-state index >= 15 is 0 Å². The molecule has 0 bridgehead atoms. The first-order valence-corrected chi connectivity index (χ1v) is 15.1. The first-order valence-electron chi connectivity index (χ1n) is 15.1. The van der Waals surface area contributed by atoms with Crippen molar-refractivity contribution in [2.75, 3.05) is 13.7 Å². The summed E-state index contributed by atoms with van der Waals surface area (Å²) in [6.07, 6.45) is 6.38. The topological polar surface area (TPSA) is 55.8 Å². The summed E-state index contributed by atoms with van der Waals surface area (Å²) in [5, 5.41) is 12.3. The lowest BCUT2D eigenvalue weighted by molar-refractivity contribution is -0.114. The molecule has 1 saturated carbocycles. The number of benzene rings is 2. The number of allylic oxidation sites excluding steroid dienone is 3. The third-order valence-electron chi connectivity index (χ3n) is 10.3. The van der Waals surface area contributed by atoms with Crippen LogP contribution in [-0.2, 0) is 14.9 Å². The highest BCUT2D eigenvalue weighted by Gasteiger charge is 2.61. The van der Waals surface area contributed by atoms with Crippen molar-refractivity contribution in [2.24, 2.45) is 17.3 Å². The van der Waals surface area contributed by atoms with E-state index in [0.717, 1.165) is 42.6 Å². The SMILES string of the molecule is COc1ccc(C2OC[C@@]3(C)C(CC[C@@]3(O)C#Cc3ccc(C(C)(C)C)cc3)C3CCC4=CC(=O)CCC4=C23)cc1. The third-order valence-corrected chi connectivity index (χ3v) is 10.3. The molecule has 1 heterocycles. The Morgan fingerprint density at radius 1 is 1.00 bits per heavy atom.